The molecule has 1 atom stereocenters. The smallest absolute Gasteiger partial charge is 0.256 e. The van der Waals surface area contributed by atoms with E-state index < -0.39 is 6.10 Å². The van der Waals surface area contributed by atoms with Crippen molar-refractivity contribution >= 4 is 23.3 Å². The molecule has 3 rings (SSSR count). The van der Waals surface area contributed by atoms with Gasteiger partial charge >= 0.3 is 0 Å². The van der Waals surface area contributed by atoms with Gasteiger partial charge < -0.3 is 26.2 Å². The van der Waals surface area contributed by atoms with E-state index in [9.17, 15) is 14.7 Å². The quantitative estimate of drug-likeness (QED) is 0.214. The van der Waals surface area contributed by atoms with Crippen LogP contribution in [0.4, 0.5) is 5.69 Å². The molecule has 2 amide bonds. The van der Waals surface area contributed by atoms with Crippen molar-refractivity contribution in [1.82, 2.24) is 5.32 Å². The summed E-state index contributed by atoms with van der Waals surface area (Å²) in [5.41, 5.74) is 10.1. The summed E-state index contributed by atoms with van der Waals surface area (Å²) in [5.74, 6) is 0.189. The number of methoxy groups -OCH3 is 1. The molecule has 0 aliphatic carbocycles. The molecule has 6 N–H and O–H groups in total. The first-order valence-electron chi connectivity index (χ1n) is 12.1. The summed E-state index contributed by atoms with van der Waals surface area (Å²) in [6.07, 6.45) is -0.862. The highest BCUT2D eigenvalue weighted by atomic mass is 16.5. The second-order valence-corrected chi connectivity index (χ2v) is 9.39. The van der Waals surface area contributed by atoms with Crippen molar-refractivity contribution in [3.8, 4) is 16.9 Å². The van der Waals surface area contributed by atoms with Gasteiger partial charge in [0.1, 0.15) is 11.6 Å². The third-order valence-corrected chi connectivity index (χ3v) is 5.97. The molecule has 37 heavy (non-hydrogen) atoms. The number of aryl methyl sites for hydroxylation is 1. The standard InChI is InChI=1S/C29H34N4O4/c1-16(2)15-32-28(35)20-8-11-22(17(3)12-20)24-14-26(37-5)23(18(4)34)13-25(24)29(36)33-21-9-6-19(7-10-21)27(30)31/h6-14,16,18,34H,15H2,1-5H3,(H3,30,31)(H,32,35)(H,33,36). The average molecular weight is 503 g/mol. The lowest BCUT2D eigenvalue weighted by atomic mass is 9.91. The molecule has 0 bridgehead atoms. The number of aliphatic hydroxyl groups excluding tert-OH is 1. The molecule has 0 radical (unpaired) electrons. The number of carbonyl (C=O) groups is 2. The summed E-state index contributed by atoms with van der Waals surface area (Å²) in [5, 5.41) is 23.7. The molecule has 0 saturated heterocycles. The number of hydrogen-bond acceptors (Lipinski definition) is 5. The number of nitrogens with two attached hydrogens (primary N) is 1. The number of nitrogens with one attached hydrogen (secondary N) is 3. The van der Waals surface area contributed by atoms with Gasteiger partial charge in [-0.1, -0.05) is 19.9 Å². The number of amides is 2. The Morgan fingerprint density at radius 1 is 0.973 bits per heavy atom. The van der Waals surface area contributed by atoms with Gasteiger partial charge in [0.15, 0.2) is 0 Å². The van der Waals surface area contributed by atoms with E-state index in [0.29, 0.717) is 51.7 Å². The summed E-state index contributed by atoms with van der Waals surface area (Å²) in [6, 6.07) is 15.3. The van der Waals surface area contributed by atoms with Crippen LogP contribution in [0, 0.1) is 18.3 Å². The molecule has 3 aromatic carbocycles. The maximum atomic E-state index is 13.5. The first-order chi connectivity index (χ1) is 17.5. The van der Waals surface area contributed by atoms with Crippen LogP contribution in [0.25, 0.3) is 11.1 Å². The molecule has 0 aliphatic rings. The highest BCUT2D eigenvalue weighted by Gasteiger charge is 2.21. The lowest BCUT2D eigenvalue weighted by Crippen LogP contribution is -2.27. The Balaban J connectivity index is 2.05. The minimum Gasteiger partial charge on any atom is -0.496 e. The minimum atomic E-state index is -0.862. The second kappa shape index (κ2) is 11.7. The van der Waals surface area contributed by atoms with Crippen LogP contribution >= 0.6 is 0 Å². The van der Waals surface area contributed by atoms with Crippen LogP contribution in [-0.2, 0) is 0 Å². The van der Waals surface area contributed by atoms with E-state index in [0.717, 1.165) is 11.1 Å². The van der Waals surface area contributed by atoms with Gasteiger partial charge in [0.25, 0.3) is 11.8 Å². The van der Waals surface area contributed by atoms with Crippen LogP contribution in [0.2, 0.25) is 0 Å². The Morgan fingerprint density at radius 2 is 1.62 bits per heavy atom. The number of hydrogen-bond donors (Lipinski definition) is 5. The van der Waals surface area contributed by atoms with Gasteiger partial charge in [-0.3, -0.25) is 15.0 Å². The molecule has 8 nitrogen and oxygen atoms in total. The zero-order valence-electron chi connectivity index (χ0n) is 21.8. The summed E-state index contributed by atoms with van der Waals surface area (Å²) < 4.78 is 5.53. The molecule has 0 aliphatic heterocycles. The van der Waals surface area contributed by atoms with E-state index in [-0.39, 0.29) is 17.6 Å². The summed E-state index contributed by atoms with van der Waals surface area (Å²) in [7, 11) is 1.51. The fourth-order valence-electron chi connectivity index (χ4n) is 3.95. The largest absolute Gasteiger partial charge is 0.496 e. The molecular weight excluding hydrogens is 468 g/mol. The maximum Gasteiger partial charge on any atom is 0.256 e. The Labute approximate surface area is 217 Å². The van der Waals surface area contributed by atoms with Crippen molar-refractivity contribution in [3.05, 3.63) is 82.4 Å². The van der Waals surface area contributed by atoms with Crippen molar-refractivity contribution in [1.29, 1.82) is 5.41 Å². The molecule has 0 saturated carbocycles. The Bertz CT molecular complexity index is 1310. The second-order valence-electron chi connectivity index (χ2n) is 9.39. The molecule has 0 heterocycles. The highest BCUT2D eigenvalue weighted by molar-refractivity contribution is 6.09. The monoisotopic (exact) mass is 502 g/mol. The molecule has 0 fully saturated rings. The first-order valence-corrected chi connectivity index (χ1v) is 12.1. The molecule has 0 aromatic heterocycles. The van der Waals surface area contributed by atoms with E-state index >= 15 is 0 Å². The number of carbonyl (C=O) groups excluding carboxylic acids is 2. The fourth-order valence-corrected chi connectivity index (χ4v) is 3.95. The summed E-state index contributed by atoms with van der Waals surface area (Å²) in [6.45, 7) is 8.13. The molecular formula is C29H34N4O4. The number of nitrogen functional groups attached to an aromatic ring is 1. The van der Waals surface area contributed by atoms with E-state index in [1.807, 2.05) is 26.8 Å². The zero-order valence-corrected chi connectivity index (χ0v) is 21.8. The van der Waals surface area contributed by atoms with E-state index in [4.69, 9.17) is 15.9 Å². The van der Waals surface area contributed by atoms with Crippen molar-refractivity contribution in [3.63, 3.8) is 0 Å². The molecule has 0 spiro atoms. The first kappa shape index (κ1) is 27.4. The third kappa shape index (κ3) is 6.54. The maximum absolute atomic E-state index is 13.5. The van der Waals surface area contributed by atoms with Gasteiger partial charge in [0.2, 0.25) is 0 Å². The normalized spacial score (nSPS) is 11.6. The molecule has 1 unspecified atom stereocenters. The Morgan fingerprint density at radius 3 is 2.16 bits per heavy atom. The van der Waals surface area contributed by atoms with Gasteiger partial charge in [-0.15, -0.1) is 0 Å². The number of rotatable bonds is 9. The summed E-state index contributed by atoms with van der Waals surface area (Å²) >= 11 is 0. The summed E-state index contributed by atoms with van der Waals surface area (Å²) in [4.78, 5) is 26.0. The van der Waals surface area contributed by atoms with Crippen molar-refractivity contribution in [2.75, 3.05) is 19.0 Å². The van der Waals surface area contributed by atoms with E-state index in [2.05, 4.69) is 10.6 Å². The van der Waals surface area contributed by atoms with Gasteiger partial charge in [-0.05, 0) is 85.0 Å². The van der Waals surface area contributed by atoms with E-state index in [1.54, 1.807) is 55.5 Å². The number of aliphatic hydroxyl groups is 1. The van der Waals surface area contributed by atoms with Gasteiger partial charge in [0.05, 0.1) is 13.2 Å². The Kier molecular flexibility index (Phi) is 8.68. The predicted octanol–water partition coefficient (Wildman–Crippen LogP) is 4.65. The van der Waals surface area contributed by atoms with Crippen molar-refractivity contribution in [2.24, 2.45) is 11.7 Å². The van der Waals surface area contributed by atoms with Crippen LogP contribution in [0.1, 0.15) is 64.3 Å². The van der Waals surface area contributed by atoms with Crippen molar-refractivity contribution in [2.45, 2.75) is 33.8 Å². The number of ether oxygens (including phenoxy) is 1. The molecule has 3 aromatic rings. The average Bonchev–Trinajstić information content (AvgIpc) is 2.86. The van der Waals surface area contributed by atoms with Gasteiger partial charge in [-0.25, -0.2) is 0 Å². The lowest BCUT2D eigenvalue weighted by molar-refractivity contribution is 0.0948. The SMILES string of the molecule is COc1cc(-c2ccc(C(=O)NCC(C)C)cc2C)c(C(=O)Nc2ccc(C(=N)N)cc2)cc1C(C)O. The Hall–Kier alpha value is -4.17. The van der Waals surface area contributed by atoms with Crippen molar-refractivity contribution < 1.29 is 19.4 Å². The van der Waals surface area contributed by atoms with Crippen LogP contribution < -0.4 is 21.1 Å². The van der Waals surface area contributed by atoms with Crippen LogP contribution in [0.15, 0.2) is 54.6 Å². The molecule has 8 heteroatoms. The number of amidine groups is 1. The number of benzene rings is 3. The molecule has 194 valence electrons. The van der Waals surface area contributed by atoms with Crippen LogP contribution in [0.3, 0.4) is 0 Å². The van der Waals surface area contributed by atoms with Gasteiger partial charge in [-0.2, -0.15) is 0 Å². The third-order valence-electron chi connectivity index (χ3n) is 5.97. The topological polar surface area (TPSA) is 138 Å². The lowest BCUT2D eigenvalue weighted by Gasteiger charge is -2.19. The number of anilines is 1. The van der Waals surface area contributed by atoms with E-state index in [1.165, 1.54) is 7.11 Å². The minimum absolute atomic E-state index is 0.0614. The zero-order chi connectivity index (χ0) is 27.3. The van der Waals surface area contributed by atoms with Gasteiger partial charge in [0, 0.05) is 34.5 Å². The highest BCUT2D eigenvalue weighted by Crippen LogP contribution is 2.36. The predicted molar refractivity (Wildman–Crippen MR) is 146 cm³/mol. The van der Waals surface area contributed by atoms with Crippen LogP contribution in [-0.4, -0.2) is 36.4 Å². The van der Waals surface area contributed by atoms with Crippen LogP contribution in [0.5, 0.6) is 5.75 Å². The fraction of sp³-hybridized carbons (Fsp3) is 0.276.